The van der Waals surface area contributed by atoms with Crippen molar-refractivity contribution < 1.29 is 9.53 Å². The lowest BCUT2D eigenvalue weighted by molar-refractivity contribution is -0.121. The van der Waals surface area contributed by atoms with Gasteiger partial charge in [-0.05, 0) is 49.1 Å². The highest BCUT2D eigenvalue weighted by atomic mass is 16.5. The third kappa shape index (κ3) is 5.92. The van der Waals surface area contributed by atoms with E-state index >= 15 is 0 Å². The molecule has 0 spiro atoms. The number of hydrogen-bond donors (Lipinski definition) is 1. The van der Waals surface area contributed by atoms with Crippen molar-refractivity contribution in [1.29, 1.82) is 0 Å². The molecule has 0 radical (unpaired) electrons. The molecule has 0 aliphatic rings. The van der Waals surface area contributed by atoms with Crippen LogP contribution in [0, 0.1) is 0 Å². The highest BCUT2D eigenvalue weighted by Crippen LogP contribution is 2.20. The van der Waals surface area contributed by atoms with E-state index in [1.165, 1.54) is 5.56 Å². The number of carbonyl (C=O) groups excluding carboxylic acids is 1. The SMILES string of the molecule is CC[C@@H](C)Oc1ccc(C(C)NC(=O)Cc2ccc(-c3ccccc3)cc2)nc1. The normalized spacial score (nSPS) is 12.8. The maximum atomic E-state index is 12.4. The summed E-state index contributed by atoms with van der Waals surface area (Å²) in [6.45, 7) is 6.05. The molecule has 2 atom stereocenters. The zero-order valence-electron chi connectivity index (χ0n) is 17.3. The molecule has 0 aliphatic carbocycles. The summed E-state index contributed by atoms with van der Waals surface area (Å²) in [7, 11) is 0. The second-order valence-electron chi connectivity index (χ2n) is 7.28. The lowest BCUT2D eigenvalue weighted by Gasteiger charge is -2.16. The molecule has 2 aromatic carbocycles. The van der Waals surface area contributed by atoms with Crippen LogP contribution >= 0.6 is 0 Å². The molecule has 4 nitrogen and oxygen atoms in total. The third-order valence-electron chi connectivity index (χ3n) is 4.92. The first kappa shape index (κ1) is 20.6. The molecule has 1 unspecified atom stereocenters. The molecule has 0 saturated heterocycles. The van der Waals surface area contributed by atoms with Gasteiger partial charge in [0.05, 0.1) is 30.5 Å². The summed E-state index contributed by atoms with van der Waals surface area (Å²) in [4.78, 5) is 16.9. The Hall–Kier alpha value is -3.14. The van der Waals surface area contributed by atoms with Crippen LogP contribution in [0.5, 0.6) is 5.75 Å². The summed E-state index contributed by atoms with van der Waals surface area (Å²) >= 11 is 0. The predicted octanol–water partition coefficient (Wildman–Crippen LogP) is 5.35. The van der Waals surface area contributed by atoms with Crippen molar-refractivity contribution >= 4 is 5.91 Å². The first-order valence-electron chi connectivity index (χ1n) is 10.1. The zero-order chi connectivity index (χ0) is 20.6. The molecule has 29 heavy (non-hydrogen) atoms. The van der Waals surface area contributed by atoms with Crippen LogP contribution in [-0.2, 0) is 11.2 Å². The summed E-state index contributed by atoms with van der Waals surface area (Å²) < 4.78 is 5.75. The van der Waals surface area contributed by atoms with Gasteiger partial charge in [0.25, 0.3) is 0 Å². The van der Waals surface area contributed by atoms with E-state index < -0.39 is 0 Å². The molecule has 1 N–H and O–H groups in total. The Morgan fingerprint density at radius 1 is 0.966 bits per heavy atom. The van der Waals surface area contributed by atoms with Gasteiger partial charge in [0.2, 0.25) is 5.91 Å². The number of rotatable bonds is 8. The first-order chi connectivity index (χ1) is 14.0. The molecule has 1 amide bonds. The minimum Gasteiger partial charge on any atom is -0.489 e. The summed E-state index contributed by atoms with van der Waals surface area (Å²) in [5, 5.41) is 3.02. The number of carbonyl (C=O) groups is 1. The average Bonchev–Trinajstić information content (AvgIpc) is 2.75. The number of pyridine rings is 1. The van der Waals surface area contributed by atoms with Crippen molar-refractivity contribution in [2.24, 2.45) is 0 Å². The van der Waals surface area contributed by atoms with Crippen LogP contribution < -0.4 is 10.1 Å². The Morgan fingerprint density at radius 3 is 2.28 bits per heavy atom. The van der Waals surface area contributed by atoms with Crippen LogP contribution in [0.15, 0.2) is 72.9 Å². The van der Waals surface area contributed by atoms with Gasteiger partial charge in [0.1, 0.15) is 5.75 Å². The van der Waals surface area contributed by atoms with Crippen molar-refractivity contribution in [2.75, 3.05) is 0 Å². The van der Waals surface area contributed by atoms with Crippen LogP contribution in [0.25, 0.3) is 11.1 Å². The molecule has 0 fully saturated rings. The molecule has 1 heterocycles. The second kappa shape index (κ2) is 9.87. The molecule has 3 rings (SSSR count). The van der Waals surface area contributed by atoms with Crippen LogP contribution in [0.2, 0.25) is 0 Å². The molecular weight excluding hydrogens is 360 g/mol. The van der Waals surface area contributed by atoms with E-state index in [4.69, 9.17) is 4.74 Å². The Morgan fingerprint density at radius 2 is 1.66 bits per heavy atom. The number of benzene rings is 2. The molecule has 1 aromatic heterocycles. The van der Waals surface area contributed by atoms with Crippen molar-refractivity contribution in [3.8, 4) is 16.9 Å². The summed E-state index contributed by atoms with van der Waals surface area (Å²) in [5.74, 6) is 0.729. The van der Waals surface area contributed by atoms with E-state index in [0.29, 0.717) is 6.42 Å². The van der Waals surface area contributed by atoms with Crippen LogP contribution in [0.3, 0.4) is 0 Å². The number of nitrogens with one attached hydrogen (secondary N) is 1. The second-order valence-corrected chi connectivity index (χ2v) is 7.28. The van der Waals surface area contributed by atoms with Gasteiger partial charge in [0.15, 0.2) is 0 Å². The van der Waals surface area contributed by atoms with E-state index in [1.54, 1.807) is 6.20 Å². The largest absolute Gasteiger partial charge is 0.489 e. The predicted molar refractivity (Wildman–Crippen MR) is 117 cm³/mol. The monoisotopic (exact) mass is 388 g/mol. The van der Waals surface area contributed by atoms with Gasteiger partial charge in [-0.1, -0.05) is 61.5 Å². The van der Waals surface area contributed by atoms with Crippen molar-refractivity contribution in [3.63, 3.8) is 0 Å². The van der Waals surface area contributed by atoms with E-state index in [2.05, 4.69) is 41.5 Å². The van der Waals surface area contributed by atoms with Crippen molar-refractivity contribution in [3.05, 3.63) is 84.2 Å². The van der Waals surface area contributed by atoms with E-state index in [-0.39, 0.29) is 18.1 Å². The highest BCUT2D eigenvalue weighted by Gasteiger charge is 2.12. The summed E-state index contributed by atoms with van der Waals surface area (Å²) in [6.07, 6.45) is 3.16. The van der Waals surface area contributed by atoms with E-state index in [9.17, 15) is 4.79 Å². The van der Waals surface area contributed by atoms with Crippen LogP contribution in [0.4, 0.5) is 0 Å². The smallest absolute Gasteiger partial charge is 0.224 e. The summed E-state index contributed by atoms with van der Waals surface area (Å²) in [6, 6.07) is 22.0. The van der Waals surface area contributed by atoms with Gasteiger partial charge in [-0.2, -0.15) is 0 Å². The zero-order valence-corrected chi connectivity index (χ0v) is 17.3. The molecule has 0 bridgehead atoms. The first-order valence-corrected chi connectivity index (χ1v) is 10.1. The van der Waals surface area contributed by atoms with Gasteiger partial charge in [0, 0.05) is 0 Å². The van der Waals surface area contributed by atoms with Gasteiger partial charge >= 0.3 is 0 Å². The molecule has 4 heteroatoms. The van der Waals surface area contributed by atoms with Crippen molar-refractivity contribution in [2.45, 2.75) is 45.8 Å². The number of hydrogen-bond acceptors (Lipinski definition) is 3. The standard InChI is InChI=1S/C25H28N2O2/c1-4-18(2)29-23-14-15-24(26-17-23)19(3)27-25(28)16-20-10-12-22(13-11-20)21-8-6-5-7-9-21/h5-15,17-19H,4,16H2,1-3H3,(H,27,28)/t18-,19?/m1/s1. The fraction of sp³-hybridized carbons (Fsp3) is 0.280. The lowest BCUT2D eigenvalue weighted by Crippen LogP contribution is -2.28. The molecule has 150 valence electrons. The number of amides is 1. The fourth-order valence-electron chi connectivity index (χ4n) is 3.03. The summed E-state index contributed by atoms with van der Waals surface area (Å²) in [5.41, 5.74) is 4.12. The number of aromatic nitrogens is 1. The maximum Gasteiger partial charge on any atom is 0.224 e. The van der Waals surface area contributed by atoms with Crippen LogP contribution in [0.1, 0.15) is 44.5 Å². The molecule has 3 aromatic rings. The Bertz CT molecular complexity index is 906. The Labute approximate surface area is 173 Å². The van der Waals surface area contributed by atoms with E-state index in [1.807, 2.05) is 56.3 Å². The average molecular weight is 389 g/mol. The van der Waals surface area contributed by atoms with Crippen molar-refractivity contribution in [1.82, 2.24) is 10.3 Å². The number of nitrogens with zero attached hydrogens (tertiary/aromatic N) is 1. The van der Waals surface area contributed by atoms with Gasteiger partial charge in [-0.3, -0.25) is 9.78 Å². The maximum absolute atomic E-state index is 12.4. The lowest BCUT2D eigenvalue weighted by atomic mass is 10.0. The van der Waals surface area contributed by atoms with Gasteiger partial charge in [-0.25, -0.2) is 0 Å². The fourth-order valence-corrected chi connectivity index (χ4v) is 3.03. The Kier molecular flexibility index (Phi) is 7.01. The van der Waals surface area contributed by atoms with Gasteiger partial charge in [-0.15, -0.1) is 0 Å². The third-order valence-corrected chi connectivity index (χ3v) is 4.92. The van der Waals surface area contributed by atoms with Crippen LogP contribution in [-0.4, -0.2) is 17.0 Å². The minimum atomic E-state index is -0.163. The quantitative estimate of drug-likeness (QED) is 0.566. The molecular formula is C25H28N2O2. The van der Waals surface area contributed by atoms with E-state index in [0.717, 1.165) is 29.0 Å². The minimum absolute atomic E-state index is 0.0216. The molecule has 0 aliphatic heterocycles. The topological polar surface area (TPSA) is 51.2 Å². The highest BCUT2D eigenvalue weighted by molar-refractivity contribution is 5.79. The Balaban J connectivity index is 1.54. The van der Waals surface area contributed by atoms with Gasteiger partial charge < -0.3 is 10.1 Å². The molecule has 0 saturated carbocycles. The number of ether oxygens (including phenoxy) is 1.